The third-order valence-corrected chi connectivity index (χ3v) is 10.2. The van der Waals surface area contributed by atoms with Crippen molar-refractivity contribution >= 4 is 11.8 Å². The van der Waals surface area contributed by atoms with E-state index in [1.54, 1.807) is 0 Å². The fraction of sp³-hybridized carbons (Fsp3) is 0.400. The van der Waals surface area contributed by atoms with E-state index in [4.69, 9.17) is 23.7 Å². The van der Waals surface area contributed by atoms with Crippen LogP contribution in [-0.2, 0) is 50.1 Å². The highest BCUT2D eigenvalue weighted by Gasteiger charge is 2.49. The van der Waals surface area contributed by atoms with Crippen molar-refractivity contribution in [1.82, 2.24) is 0 Å². The minimum absolute atomic E-state index is 0.213. The van der Waals surface area contributed by atoms with Gasteiger partial charge in [-0.15, -0.1) is 11.8 Å². The number of benzene rings is 4. The van der Waals surface area contributed by atoms with Crippen LogP contribution >= 0.6 is 11.8 Å². The van der Waals surface area contributed by atoms with E-state index in [-0.39, 0.29) is 23.7 Å². The van der Waals surface area contributed by atoms with E-state index in [2.05, 4.69) is 72.8 Å². The van der Waals surface area contributed by atoms with E-state index >= 15 is 0 Å². The lowest BCUT2D eigenvalue weighted by atomic mass is 9.98. The van der Waals surface area contributed by atoms with Crippen LogP contribution in [0.4, 0.5) is 0 Å². The standard InChI is InChI=1S/C40H46O5S/c1-6-16-31(17-7-1)26-41-30-36-37(42-27-32-18-8-2-9-19-32)38(43-28-33-20-10-3-11-21-33)39(44-29-34-22-12-4-13-23-34)40(45-36)46-35-24-14-5-15-25-35/h1-4,6-13,16-23,35-40H,5,14-15,24-30H2/t36-,37-,38+,39-,40-/m1/s1. The summed E-state index contributed by atoms with van der Waals surface area (Å²) in [5.74, 6) is 0. The second kappa shape index (κ2) is 17.8. The molecule has 1 heterocycles. The molecule has 5 nitrogen and oxygen atoms in total. The summed E-state index contributed by atoms with van der Waals surface area (Å²) in [6.45, 7) is 2.28. The van der Waals surface area contributed by atoms with Crippen LogP contribution < -0.4 is 0 Å². The van der Waals surface area contributed by atoms with Gasteiger partial charge in [0.2, 0.25) is 0 Å². The molecule has 0 amide bonds. The molecule has 0 unspecified atom stereocenters. The fourth-order valence-electron chi connectivity index (χ4n) is 6.25. The Morgan fingerprint density at radius 1 is 0.500 bits per heavy atom. The number of hydrogen-bond acceptors (Lipinski definition) is 6. The molecule has 4 aromatic rings. The Morgan fingerprint density at radius 2 is 0.935 bits per heavy atom. The summed E-state index contributed by atoms with van der Waals surface area (Å²) >= 11 is 1.92. The maximum atomic E-state index is 7.02. The molecule has 242 valence electrons. The minimum atomic E-state index is -0.399. The van der Waals surface area contributed by atoms with Crippen LogP contribution in [0.2, 0.25) is 0 Å². The van der Waals surface area contributed by atoms with Crippen molar-refractivity contribution in [3.8, 4) is 0 Å². The molecular weight excluding hydrogens is 593 g/mol. The quantitative estimate of drug-likeness (QED) is 0.130. The molecule has 2 aliphatic rings. The molecule has 4 aromatic carbocycles. The Labute approximate surface area is 278 Å². The van der Waals surface area contributed by atoms with E-state index in [0.717, 1.165) is 22.3 Å². The predicted molar refractivity (Wildman–Crippen MR) is 184 cm³/mol. The zero-order valence-corrected chi connectivity index (χ0v) is 27.3. The first-order valence-electron chi connectivity index (χ1n) is 16.7. The van der Waals surface area contributed by atoms with Gasteiger partial charge in [0.15, 0.2) is 0 Å². The molecule has 5 atom stereocenters. The number of hydrogen-bond donors (Lipinski definition) is 0. The van der Waals surface area contributed by atoms with Gasteiger partial charge in [-0.25, -0.2) is 0 Å². The third kappa shape index (κ3) is 9.77. The first kappa shape index (κ1) is 33.0. The molecule has 0 aromatic heterocycles. The van der Waals surface area contributed by atoms with Crippen molar-refractivity contribution in [2.45, 2.75) is 93.6 Å². The monoisotopic (exact) mass is 638 g/mol. The van der Waals surface area contributed by atoms with Crippen molar-refractivity contribution in [2.75, 3.05) is 6.61 Å². The Hall–Kier alpha value is -2.97. The van der Waals surface area contributed by atoms with Gasteiger partial charge in [-0.3, -0.25) is 0 Å². The molecule has 2 fully saturated rings. The maximum Gasteiger partial charge on any atom is 0.132 e. The van der Waals surface area contributed by atoms with Crippen LogP contribution in [-0.4, -0.2) is 41.7 Å². The van der Waals surface area contributed by atoms with Crippen molar-refractivity contribution in [2.24, 2.45) is 0 Å². The molecule has 6 heteroatoms. The van der Waals surface area contributed by atoms with Gasteiger partial charge >= 0.3 is 0 Å². The lowest BCUT2D eigenvalue weighted by Crippen LogP contribution is -2.60. The topological polar surface area (TPSA) is 46.2 Å². The van der Waals surface area contributed by atoms with Crippen LogP contribution in [0.1, 0.15) is 54.4 Å². The normalized spacial score (nSPS) is 23.7. The van der Waals surface area contributed by atoms with Gasteiger partial charge in [0.25, 0.3) is 0 Å². The minimum Gasteiger partial charge on any atom is -0.374 e. The van der Waals surface area contributed by atoms with E-state index in [1.807, 2.05) is 60.3 Å². The molecule has 0 spiro atoms. The third-order valence-electron chi connectivity index (χ3n) is 8.72. The van der Waals surface area contributed by atoms with Crippen LogP contribution in [0.5, 0.6) is 0 Å². The van der Waals surface area contributed by atoms with Gasteiger partial charge in [-0.05, 0) is 35.1 Å². The lowest BCUT2D eigenvalue weighted by Gasteiger charge is -2.47. The van der Waals surface area contributed by atoms with E-state index in [1.165, 1.54) is 32.1 Å². The average molecular weight is 639 g/mol. The second-order valence-electron chi connectivity index (χ2n) is 12.2. The Balaban J connectivity index is 1.29. The molecule has 1 saturated carbocycles. The molecule has 6 rings (SSSR count). The first-order valence-corrected chi connectivity index (χ1v) is 17.7. The van der Waals surface area contributed by atoms with Crippen molar-refractivity contribution in [1.29, 1.82) is 0 Å². The summed E-state index contributed by atoms with van der Waals surface area (Å²) in [6.07, 6.45) is 4.82. The van der Waals surface area contributed by atoms with Gasteiger partial charge in [0, 0.05) is 5.25 Å². The Bertz CT molecular complexity index is 1380. The summed E-state index contributed by atoms with van der Waals surface area (Å²) in [5, 5.41) is 0.532. The fourth-order valence-corrected chi connectivity index (χ4v) is 7.83. The first-order chi connectivity index (χ1) is 22.8. The van der Waals surface area contributed by atoms with Gasteiger partial charge < -0.3 is 23.7 Å². The number of thioether (sulfide) groups is 1. The molecule has 1 aliphatic carbocycles. The van der Waals surface area contributed by atoms with Gasteiger partial charge in [0.05, 0.1) is 33.0 Å². The smallest absolute Gasteiger partial charge is 0.132 e. The summed E-state index contributed by atoms with van der Waals surface area (Å²) < 4.78 is 33.9. The number of ether oxygens (including phenoxy) is 5. The largest absolute Gasteiger partial charge is 0.374 e. The molecule has 0 N–H and O–H groups in total. The average Bonchev–Trinajstić information content (AvgIpc) is 3.12. The van der Waals surface area contributed by atoms with E-state index < -0.39 is 6.10 Å². The molecule has 0 radical (unpaired) electrons. The maximum absolute atomic E-state index is 7.02. The zero-order chi connectivity index (χ0) is 31.2. The highest BCUT2D eigenvalue weighted by Crippen LogP contribution is 2.40. The van der Waals surface area contributed by atoms with E-state index in [0.29, 0.717) is 38.3 Å². The zero-order valence-electron chi connectivity index (χ0n) is 26.5. The number of rotatable bonds is 15. The Morgan fingerprint density at radius 3 is 1.43 bits per heavy atom. The van der Waals surface area contributed by atoms with Gasteiger partial charge in [-0.1, -0.05) is 141 Å². The summed E-state index contributed by atoms with van der Waals surface area (Å²) in [6, 6.07) is 41.3. The van der Waals surface area contributed by atoms with Gasteiger partial charge in [-0.2, -0.15) is 0 Å². The summed E-state index contributed by atoms with van der Waals surface area (Å²) in [4.78, 5) is 0. The van der Waals surface area contributed by atoms with E-state index in [9.17, 15) is 0 Å². The van der Waals surface area contributed by atoms with Crippen molar-refractivity contribution < 1.29 is 23.7 Å². The lowest BCUT2D eigenvalue weighted by molar-refractivity contribution is -0.254. The molecule has 46 heavy (non-hydrogen) atoms. The second-order valence-corrected chi connectivity index (χ2v) is 13.6. The van der Waals surface area contributed by atoms with Crippen molar-refractivity contribution in [3.05, 3.63) is 144 Å². The van der Waals surface area contributed by atoms with Crippen molar-refractivity contribution in [3.63, 3.8) is 0 Å². The highest BCUT2D eigenvalue weighted by molar-refractivity contribution is 8.00. The Kier molecular flexibility index (Phi) is 12.8. The highest BCUT2D eigenvalue weighted by atomic mass is 32.2. The molecule has 1 saturated heterocycles. The van der Waals surface area contributed by atoms with Crippen LogP contribution in [0, 0.1) is 0 Å². The van der Waals surface area contributed by atoms with Crippen LogP contribution in [0.25, 0.3) is 0 Å². The molecule has 0 bridgehead atoms. The summed E-state index contributed by atoms with van der Waals surface area (Å²) in [7, 11) is 0. The predicted octanol–water partition coefficient (Wildman–Crippen LogP) is 8.75. The SMILES string of the molecule is c1ccc(COC[C@H]2O[C@H](SC3CCCCC3)[C@H](OCc3ccccc3)[C@@H](OCc3ccccc3)[C@@H]2OCc2ccccc2)cc1. The van der Waals surface area contributed by atoms with Crippen LogP contribution in [0.3, 0.4) is 0 Å². The van der Waals surface area contributed by atoms with Crippen LogP contribution in [0.15, 0.2) is 121 Å². The summed E-state index contributed by atoms with van der Waals surface area (Å²) in [5.41, 5.74) is 4.27. The van der Waals surface area contributed by atoms with Gasteiger partial charge in [0.1, 0.15) is 29.9 Å². The molecular formula is C40H46O5S. The molecule has 1 aliphatic heterocycles.